The van der Waals surface area contributed by atoms with Crippen LogP contribution in [0.4, 0.5) is 0 Å². The molecular formula is C15H18N2O2. The van der Waals surface area contributed by atoms with Crippen LogP contribution in [0.25, 0.3) is 10.9 Å². The summed E-state index contributed by atoms with van der Waals surface area (Å²) in [4.78, 5) is 17.4. The molecule has 2 aromatic rings. The van der Waals surface area contributed by atoms with Crippen LogP contribution in [0, 0.1) is 5.92 Å². The Labute approximate surface area is 112 Å². The first-order valence-corrected chi connectivity index (χ1v) is 6.75. The van der Waals surface area contributed by atoms with Gasteiger partial charge in [-0.05, 0) is 42.3 Å². The lowest BCUT2D eigenvalue weighted by atomic mass is 9.98. The van der Waals surface area contributed by atoms with Crippen LogP contribution in [0.5, 0.6) is 0 Å². The van der Waals surface area contributed by atoms with E-state index in [-0.39, 0.29) is 18.4 Å². The molecule has 1 saturated heterocycles. The van der Waals surface area contributed by atoms with Gasteiger partial charge in [0.1, 0.15) is 0 Å². The summed E-state index contributed by atoms with van der Waals surface area (Å²) in [6.45, 7) is 1.62. The fourth-order valence-corrected chi connectivity index (χ4v) is 2.76. The summed E-state index contributed by atoms with van der Waals surface area (Å²) in [7, 11) is 0. The predicted molar refractivity (Wildman–Crippen MR) is 74.0 cm³/mol. The summed E-state index contributed by atoms with van der Waals surface area (Å²) >= 11 is 0. The second-order valence-corrected chi connectivity index (χ2v) is 5.22. The Kier molecular flexibility index (Phi) is 3.25. The lowest BCUT2D eigenvalue weighted by Crippen LogP contribution is -2.40. The summed E-state index contributed by atoms with van der Waals surface area (Å²) in [5.74, 6) is 0.293. The number of benzene rings is 1. The fraction of sp³-hybridized carbons (Fsp3) is 0.400. The van der Waals surface area contributed by atoms with Gasteiger partial charge in [0.15, 0.2) is 0 Å². The first-order chi connectivity index (χ1) is 9.28. The maximum absolute atomic E-state index is 12.5. The predicted octanol–water partition coefficient (Wildman–Crippen LogP) is 2.01. The van der Waals surface area contributed by atoms with E-state index in [1.165, 1.54) is 0 Å². The lowest BCUT2D eigenvalue weighted by Gasteiger charge is -2.31. The number of amides is 1. The van der Waals surface area contributed by atoms with Crippen LogP contribution in [0.3, 0.4) is 0 Å². The highest BCUT2D eigenvalue weighted by Gasteiger charge is 2.24. The van der Waals surface area contributed by atoms with Crippen molar-refractivity contribution in [1.82, 2.24) is 9.88 Å². The Morgan fingerprint density at radius 2 is 2.32 bits per heavy atom. The number of aliphatic hydroxyl groups excluding tert-OH is 1. The van der Waals surface area contributed by atoms with Crippen molar-refractivity contribution in [2.45, 2.75) is 12.8 Å². The Bertz CT molecular complexity index is 591. The van der Waals surface area contributed by atoms with Crippen molar-refractivity contribution >= 4 is 16.8 Å². The van der Waals surface area contributed by atoms with Gasteiger partial charge in [0.2, 0.25) is 0 Å². The number of fused-ring (bicyclic) bond motifs is 1. The molecule has 2 heterocycles. The number of rotatable bonds is 2. The number of aromatic nitrogens is 1. The minimum absolute atomic E-state index is 0.0645. The van der Waals surface area contributed by atoms with Gasteiger partial charge in [0, 0.05) is 37.0 Å². The molecule has 1 aliphatic rings. The molecule has 1 aromatic heterocycles. The second-order valence-electron chi connectivity index (χ2n) is 5.22. The number of hydrogen-bond acceptors (Lipinski definition) is 2. The molecule has 2 N–H and O–H groups in total. The molecule has 4 heteroatoms. The molecule has 4 nitrogen and oxygen atoms in total. The summed E-state index contributed by atoms with van der Waals surface area (Å²) in [6, 6.07) is 7.74. The molecule has 1 atom stereocenters. The van der Waals surface area contributed by atoms with Crippen LogP contribution < -0.4 is 0 Å². The number of carbonyl (C=O) groups is 1. The van der Waals surface area contributed by atoms with Gasteiger partial charge < -0.3 is 15.0 Å². The highest BCUT2D eigenvalue weighted by molar-refractivity contribution is 5.98. The molecule has 0 bridgehead atoms. The average molecular weight is 258 g/mol. The fourth-order valence-electron chi connectivity index (χ4n) is 2.76. The van der Waals surface area contributed by atoms with Crippen LogP contribution in [0.1, 0.15) is 23.2 Å². The number of likely N-dealkylation sites (tertiary alicyclic amines) is 1. The van der Waals surface area contributed by atoms with E-state index in [4.69, 9.17) is 0 Å². The van der Waals surface area contributed by atoms with Crippen LogP contribution in [-0.2, 0) is 0 Å². The molecule has 1 aromatic carbocycles. The van der Waals surface area contributed by atoms with E-state index < -0.39 is 0 Å². The van der Waals surface area contributed by atoms with E-state index in [2.05, 4.69) is 4.98 Å². The first kappa shape index (κ1) is 12.2. The molecular weight excluding hydrogens is 240 g/mol. The minimum Gasteiger partial charge on any atom is -0.396 e. The summed E-state index contributed by atoms with van der Waals surface area (Å²) in [6.07, 6.45) is 3.86. The molecule has 0 aliphatic carbocycles. The molecule has 1 amide bonds. The standard InChI is InChI=1S/C15H18N2O2/c18-10-11-2-1-7-17(9-11)15(19)13-4-3-12-5-6-16-14(12)8-13/h3-6,8,11,16,18H,1-2,7,9-10H2. The number of nitrogens with zero attached hydrogens (tertiary/aromatic N) is 1. The Morgan fingerprint density at radius 3 is 3.16 bits per heavy atom. The molecule has 0 saturated carbocycles. The largest absolute Gasteiger partial charge is 0.396 e. The Hall–Kier alpha value is -1.81. The summed E-state index contributed by atoms with van der Waals surface area (Å²) in [5.41, 5.74) is 1.70. The molecule has 19 heavy (non-hydrogen) atoms. The maximum atomic E-state index is 12.5. The van der Waals surface area contributed by atoms with Gasteiger partial charge in [-0.15, -0.1) is 0 Å². The molecule has 1 fully saturated rings. The van der Waals surface area contributed by atoms with Gasteiger partial charge in [-0.25, -0.2) is 0 Å². The van der Waals surface area contributed by atoms with Crippen molar-refractivity contribution in [2.24, 2.45) is 5.92 Å². The molecule has 0 radical (unpaired) electrons. The highest BCUT2D eigenvalue weighted by Crippen LogP contribution is 2.20. The Morgan fingerprint density at radius 1 is 1.42 bits per heavy atom. The number of piperidine rings is 1. The third-order valence-electron chi connectivity index (χ3n) is 3.87. The zero-order valence-corrected chi connectivity index (χ0v) is 10.8. The van der Waals surface area contributed by atoms with Gasteiger partial charge in [-0.3, -0.25) is 4.79 Å². The van der Waals surface area contributed by atoms with E-state index in [9.17, 15) is 9.90 Å². The topological polar surface area (TPSA) is 56.3 Å². The quantitative estimate of drug-likeness (QED) is 0.865. The van der Waals surface area contributed by atoms with Gasteiger partial charge in [-0.1, -0.05) is 6.07 Å². The first-order valence-electron chi connectivity index (χ1n) is 6.75. The highest BCUT2D eigenvalue weighted by atomic mass is 16.3. The van der Waals surface area contributed by atoms with Crippen molar-refractivity contribution in [3.8, 4) is 0 Å². The lowest BCUT2D eigenvalue weighted by molar-refractivity contribution is 0.0621. The van der Waals surface area contributed by atoms with Crippen LogP contribution >= 0.6 is 0 Å². The van der Waals surface area contributed by atoms with Crippen molar-refractivity contribution in [3.05, 3.63) is 36.0 Å². The van der Waals surface area contributed by atoms with E-state index in [0.717, 1.165) is 30.3 Å². The second kappa shape index (κ2) is 5.05. The summed E-state index contributed by atoms with van der Waals surface area (Å²) in [5, 5.41) is 10.3. The van der Waals surface area contributed by atoms with E-state index >= 15 is 0 Å². The normalized spacial score (nSPS) is 19.8. The number of H-pyrrole nitrogens is 1. The van der Waals surface area contributed by atoms with Crippen molar-refractivity contribution < 1.29 is 9.90 Å². The number of hydrogen-bond donors (Lipinski definition) is 2. The molecule has 0 spiro atoms. The minimum atomic E-state index is 0.0645. The molecule has 100 valence electrons. The van der Waals surface area contributed by atoms with Crippen LogP contribution in [-0.4, -0.2) is 40.6 Å². The number of aliphatic hydroxyl groups is 1. The number of nitrogens with one attached hydrogen (secondary N) is 1. The maximum Gasteiger partial charge on any atom is 0.253 e. The Balaban J connectivity index is 1.82. The average Bonchev–Trinajstić information content (AvgIpc) is 2.94. The zero-order valence-electron chi connectivity index (χ0n) is 10.8. The number of aromatic amines is 1. The third kappa shape index (κ3) is 2.36. The van der Waals surface area contributed by atoms with Crippen LogP contribution in [0.2, 0.25) is 0 Å². The van der Waals surface area contributed by atoms with Gasteiger partial charge in [0.25, 0.3) is 5.91 Å². The van der Waals surface area contributed by atoms with E-state index in [0.29, 0.717) is 12.1 Å². The zero-order chi connectivity index (χ0) is 13.2. The van der Waals surface area contributed by atoms with Crippen molar-refractivity contribution in [2.75, 3.05) is 19.7 Å². The molecule has 3 rings (SSSR count). The van der Waals surface area contributed by atoms with Gasteiger partial charge >= 0.3 is 0 Å². The van der Waals surface area contributed by atoms with Gasteiger partial charge in [0.05, 0.1) is 0 Å². The van der Waals surface area contributed by atoms with E-state index in [1.54, 1.807) is 0 Å². The smallest absolute Gasteiger partial charge is 0.253 e. The molecule has 1 aliphatic heterocycles. The van der Waals surface area contributed by atoms with Gasteiger partial charge in [-0.2, -0.15) is 0 Å². The SMILES string of the molecule is O=C(c1ccc2cc[nH]c2c1)N1CCCC(CO)C1. The molecule has 1 unspecified atom stereocenters. The van der Waals surface area contributed by atoms with Crippen molar-refractivity contribution in [3.63, 3.8) is 0 Å². The van der Waals surface area contributed by atoms with Crippen molar-refractivity contribution in [1.29, 1.82) is 0 Å². The van der Waals surface area contributed by atoms with Crippen LogP contribution in [0.15, 0.2) is 30.5 Å². The summed E-state index contributed by atoms with van der Waals surface area (Å²) < 4.78 is 0. The number of carbonyl (C=O) groups excluding carboxylic acids is 1. The monoisotopic (exact) mass is 258 g/mol. The van der Waals surface area contributed by atoms with E-state index in [1.807, 2.05) is 35.4 Å². The third-order valence-corrected chi connectivity index (χ3v) is 3.87.